The zero-order chi connectivity index (χ0) is 17.3. The number of ether oxygens (including phenoxy) is 3. The van der Waals surface area contributed by atoms with Crippen LogP contribution in [0.15, 0.2) is 40.4 Å². The quantitative estimate of drug-likeness (QED) is 0.806. The maximum absolute atomic E-state index is 12.7. The molecule has 1 aliphatic rings. The largest absolute Gasteiger partial charge is 0.502 e. The lowest BCUT2D eigenvalue weighted by molar-refractivity contribution is 0.100. The van der Waals surface area contributed by atoms with Crippen LogP contribution < -0.4 is 14.2 Å². The molecule has 0 amide bonds. The van der Waals surface area contributed by atoms with Gasteiger partial charge >= 0.3 is 0 Å². The van der Waals surface area contributed by atoms with Gasteiger partial charge in [0.05, 0.1) is 19.8 Å². The number of fused-ring (bicyclic) bond motifs is 1. The second-order valence-corrected chi connectivity index (χ2v) is 6.12. The molecule has 0 fully saturated rings. The summed E-state index contributed by atoms with van der Waals surface area (Å²) in [5.41, 5.74) is 1.70. The Morgan fingerprint density at radius 2 is 1.83 bits per heavy atom. The van der Waals surface area contributed by atoms with Crippen LogP contribution in [0.2, 0.25) is 0 Å². The van der Waals surface area contributed by atoms with E-state index in [9.17, 15) is 9.90 Å². The topological polar surface area (TPSA) is 65.0 Å². The van der Waals surface area contributed by atoms with Crippen LogP contribution in [0.1, 0.15) is 15.9 Å². The number of hydrogen-bond donors (Lipinski definition) is 1. The third-order valence-electron chi connectivity index (χ3n) is 3.70. The molecule has 0 aliphatic carbocycles. The van der Waals surface area contributed by atoms with E-state index < -0.39 is 0 Å². The van der Waals surface area contributed by atoms with E-state index in [1.165, 1.54) is 14.2 Å². The van der Waals surface area contributed by atoms with Gasteiger partial charge in [-0.2, -0.15) is 0 Å². The minimum atomic E-state index is -0.0939. The normalized spacial score (nSPS) is 15.0. The lowest BCUT2D eigenvalue weighted by Crippen LogP contribution is -2.19. The van der Waals surface area contributed by atoms with Crippen molar-refractivity contribution in [3.8, 4) is 23.0 Å². The number of hydrogen-bond acceptors (Lipinski definition) is 5. The number of benzene rings is 2. The SMILES string of the molecule is COc1cc(/C=C2/COc3ccc(Br)cc3C2=O)cc(OC)c1O. The molecule has 3 rings (SSSR count). The Balaban J connectivity index is 2.02. The van der Waals surface area contributed by atoms with Gasteiger partial charge in [0.1, 0.15) is 12.4 Å². The third kappa shape index (κ3) is 2.97. The molecule has 0 saturated heterocycles. The standard InChI is InChI=1S/C18H15BrO5/c1-22-15-6-10(7-16(23-2)18(15)21)5-11-9-24-14-4-3-12(19)8-13(14)17(11)20/h3-8,21H,9H2,1-2H3/b11-5-. The van der Waals surface area contributed by atoms with Crippen LogP contribution in [0, 0.1) is 0 Å². The molecule has 1 heterocycles. The van der Waals surface area contributed by atoms with Crippen molar-refractivity contribution >= 4 is 27.8 Å². The van der Waals surface area contributed by atoms with Crippen LogP contribution in [0.25, 0.3) is 6.08 Å². The molecule has 0 atom stereocenters. The fourth-order valence-electron chi connectivity index (χ4n) is 2.51. The summed E-state index contributed by atoms with van der Waals surface area (Å²) >= 11 is 3.36. The Morgan fingerprint density at radius 3 is 2.46 bits per heavy atom. The summed E-state index contributed by atoms with van der Waals surface area (Å²) in [7, 11) is 2.90. The molecule has 0 spiro atoms. The molecule has 0 saturated carbocycles. The van der Waals surface area contributed by atoms with Gasteiger partial charge < -0.3 is 19.3 Å². The van der Waals surface area contributed by atoms with Gasteiger partial charge in [0.2, 0.25) is 5.75 Å². The highest BCUT2D eigenvalue weighted by molar-refractivity contribution is 9.10. The predicted molar refractivity (Wildman–Crippen MR) is 93.2 cm³/mol. The Morgan fingerprint density at radius 1 is 1.17 bits per heavy atom. The van der Waals surface area contributed by atoms with Crippen molar-refractivity contribution < 1.29 is 24.1 Å². The Labute approximate surface area is 147 Å². The molecule has 2 aromatic rings. The molecule has 0 radical (unpaired) electrons. The average molecular weight is 391 g/mol. The van der Waals surface area contributed by atoms with E-state index in [4.69, 9.17) is 14.2 Å². The summed E-state index contributed by atoms with van der Waals surface area (Å²) in [4.78, 5) is 12.7. The van der Waals surface area contributed by atoms with Crippen molar-refractivity contribution in [3.05, 3.63) is 51.5 Å². The maximum atomic E-state index is 12.7. The first-order valence-corrected chi connectivity index (χ1v) is 7.95. The Kier molecular flexibility index (Phi) is 4.49. The number of halogens is 1. The minimum absolute atomic E-state index is 0.0809. The molecular weight excluding hydrogens is 376 g/mol. The number of carbonyl (C=O) groups excluding carboxylic acids is 1. The van der Waals surface area contributed by atoms with Gasteiger partial charge in [-0.3, -0.25) is 4.79 Å². The van der Waals surface area contributed by atoms with Crippen molar-refractivity contribution in [3.63, 3.8) is 0 Å². The molecule has 2 aromatic carbocycles. The number of Topliss-reactive ketones (excluding diaryl/α,β-unsaturated/α-hetero) is 1. The third-order valence-corrected chi connectivity index (χ3v) is 4.20. The Hall–Kier alpha value is -2.47. The number of phenols is 1. The van der Waals surface area contributed by atoms with Crippen molar-refractivity contribution in [2.75, 3.05) is 20.8 Å². The van der Waals surface area contributed by atoms with Gasteiger partial charge in [0, 0.05) is 10.0 Å². The van der Waals surface area contributed by atoms with Crippen LogP contribution in [-0.2, 0) is 0 Å². The first kappa shape index (κ1) is 16.4. The summed E-state index contributed by atoms with van der Waals surface area (Å²) in [5.74, 6) is 0.939. The zero-order valence-corrected chi connectivity index (χ0v) is 14.7. The first-order valence-electron chi connectivity index (χ1n) is 7.16. The van der Waals surface area contributed by atoms with Crippen molar-refractivity contribution in [1.82, 2.24) is 0 Å². The van der Waals surface area contributed by atoms with Crippen LogP contribution in [-0.4, -0.2) is 31.7 Å². The van der Waals surface area contributed by atoms with Crippen molar-refractivity contribution in [2.45, 2.75) is 0 Å². The van der Waals surface area contributed by atoms with E-state index in [1.807, 2.05) is 6.07 Å². The first-order chi connectivity index (χ1) is 11.5. The van der Waals surface area contributed by atoms with E-state index in [0.717, 1.165) is 4.47 Å². The Bertz CT molecular complexity index is 816. The van der Waals surface area contributed by atoms with Gasteiger partial charge in [-0.15, -0.1) is 0 Å². The molecule has 124 valence electrons. The van der Waals surface area contributed by atoms with E-state index in [2.05, 4.69) is 15.9 Å². The average Bonchev–Trinajstić information content (AvgIpc) is 2.59. The number of carbonyl (C=O) groups is 1. The lowest BCUT2D eigenvalue weighted by atomic mass is 9.98. The van der Waals surface area contributed by atoms with Gasteiger partial charge in [-0.25, -0.2) is 0 Å². The fourth-order valence-corrected chi connectivity index (χ4v) is 2.87. The minimum Gasteiger partial charge on any atom is -0.502 e. The summed E-state index contributed by atoms with van der Waals surface area (Å²) < 4.78 is 16.7. The lowest BCUT2D eigenvalue weighted by Gasteiger charge is -2.19. The van der Waals surface area contributed by atoms with Gasteiger partial charge in [-0.1, -0.05) is 15.9 Å². The van der Waals surface area contributed by atoms with E-state index in [0.29, 0.717) is 22.4 Å². The number of ketones is 1. The highest BCUT2D eigenvalue weighted by atomic mass is 79.9. The molecule has 0 bridgehead atoms. The molecule has 1 N–H and O–H groups in total. The second-order valence-electron chi connectivity index (χ2n) is 5.20. The van der Waals surface area contributed by atoms with Crippen LogP contribution in [0.4, 0.5) is 0 Å². The summed E-state index contributed by atoms with van der Waals surface area (Å²) in [5, 5.41) is 9.96. The molecule has 6 heteroatoms. The highest BCUT2D eigenvalue weighted by Crippen LogP contribution is 2.38. The summed E-state index contributed by atoms with van der Waals surface area (Å²) in [6.07, 6.45) is 1.71. The van der Waals surface area contributed by atoms with E-state index in [-0.39, 0.29) is 29.6 Å². The summed E-state index contributed by atoms with van der Waals surface area (Å²) in [6.45, 7) is 0.180. The molecule has 24 heavy (non-hydrogen) atoms. The van der Waals surface area contributed by atoms with Gasteiger partial charge in [-0.05, 0) is 42.0 Å². The van der Waals surface area contributed by atoms with Gasteiger partial charge in [0.25, 0.3) is 0 Å². The maximum Gasteiger partial charge on any atom is 0.200 e. The number of phenolic OH excluding ortho intramolecular Hbond substituents is 1. The number of methoxy groups -OCH3 is 2. The van der Waals surface area contributed by atoms with E-state index >= 15 is 0 Å². The molecule has 0 aromatic heterocycles. The smallest absolute Gasteiger partial charge is 0.200 e. The second kappa shape index (κ2) is 6.57. The van der Waals surface area contributed by atoms with E-state index in [1.54, 1.807) is 30.3 Å². The highest BCUT2D eigenvalue weighted by Gasteiger charge is 2.24. The molecule has 1 aliphatic heterocycles. The predicted octanol–water partition coefficient (Wildman–Crippen LogP) is 3.83. The molecule has 0 unspecified atom stereocenters. The van der Waals surface area contributed by atoms with Crippen LogP contribution >= 0.6 is 15.9 Å². The fraction of sp³-hybridized carbons (Fsp3) is 0.167. The summed E-state index contributed by atoms with van der Waals surface area (Å²) in [6, 6.07) is 8.60. The van der Waals surface area contributed by atoms with Crippen molar-refractivity contribution in [2.24, 2.45) is 0 Å². The molecular formula is C18H15BrO5. The van der Waals surface area contributed by atoms with Crippen LogP contribution in [0.5, 0.6) is 23.0 Å². The van der Waals surface area contributed by atoms with Crippen molar-refractivity contribution in [1.29, 1.82) is 0 Å². The number of rotatable bonds is 3. The molecule has 5 nitrogen and oxygen atoms in total. The van der Waals surface area contributed by atoms with Crippen LogP contribution in [0.3, 0.4) is 0 Å². The zero-order valence-electron chi connectivity index (χ0n) is 13.1. The van der Waals surface area contributed by atoms with Gasteiger partial charge in [0.15, 0.2) is 17.3 Å². The number of aromatic hydroxyl groups is 1. The monoisotopic (exact) mass is 390 g/mol.